The fourth-order valence-corrected chi connectivity index (χ4v) is 2.20. The number of hydrogen-bond donors (Lipinski definition) is 1. The summed E-state index contributed by atoms with van der Waals surface area (Å²) in [6.45, 7) is 4.87. The Bertz CT molecular complexity index is 553. The minimum absolute atomic E-state index is 0.144. The van der Waals surface area contributed by atoms with Crippen LogP contribution < -0.4 is 10.1 Å². The van der Waals surface area contributed by atoms with Gasteiger partial charge in [-0.2, -0.15) is 0 Å². The van der Waals surface area contributed by atoms with Gasteiger partial charge in [0, 0.05) is 11.7 Å². The third-order valence-corrected chi connectivity index (χ3v) is 3.22. The Morgan fingerprint density at radius 2 is 1.81 bits per heavy atom. The van der Waals surface area contributed by atoms with E-state index in [0.717, 1.165) is 30.0 Å². The molecule has 1 atom stereocenters. The van der Waals surface area contributed by atoms with Crippen LogP contribution in [0.3, 0.4) is 0 Å². The van der Waals surface area contributed by atoms with Crippen LogP contribution in [-0.4, -0.2) is 12.6 Å². The summed E-state index contributed by atoms with van der Waals surface area (Å²) in [7, 11) is 0. The molecule has 0 aromatic heterocycles. The van der Waals surface area contributed by atoms with E-state index in [1.165, 1.54) is 6.07 Å². The maximum Gasteiger partial charge on any atom is 0.126 e. The largest absolute Gasteiger partial charge is 0.494 e. The lowest BCUT2D eigenvalue weighted by Gasteiger charge is -2.16. The van der Waals surface area contributed by atoms with Gasteiger partial charge in [-0.3, -0.25) is 0 Å². The van der Waals surface area contributed by atoms with Gasteiger partial charge in [0.15, 0.2) is 0 Å². The van der Waals surface area contributed by atoms with Crippen LogP contribution in [0.2, 0.25) is 0 Å². The highest BCUT2D eigenvalue weighted by Crippen LogP contribution is 2.18. The average molecular weight is 287 g/mol. The molecule has 0 saturated carbocycles. The zero-order valence-electron chi connectivity index (χ0n) is 12.6. The van der Waals surface area contributed by atoms with Gasteiger partial charge in [0.2, 0.25) is 0 Å². The van der Waals surface area contributed by atoms with Gasteiger partial charge in [-0.05, 0) is 55.7 Å². The highest BCUT2D eigenvalue weighted by atomic mass is 19.1. The quantitative estimate of drug-likeness (QED) is 0.800. The van der Waals surface area contributed by atoms with E-state index < -0.39 is 0 Å². The maximum absolute atomic E-state index is 13.6. The smallest absolute Gasteiger partial charge is 0.126 e. The molecular formula is C18H22FNO. The van der Waals surface area contributed by atoms with Crippen LogP contribution in [0.15, 0.2) is 48.5 Å². The Morgan fingerprint density at radius 1 is 1.10 bits per heavy atom. The topological polar surface area (TPSA) is 21.3 Å². The molecular weight excluding hydrogens is 265 g/mol. The van der Waals surface area contributed by atoms with Crippen molar-refractivity contribution in [2.24, 2.45) is 0 Å². The van der Waals surface area contributed by atoms with Crippen LogP contribution in [0.4, 0.5) is 10.1 Å². The number of ether oxygens (including phenoxy) is 1. The predicted octanol–water partition coefficient (Wildman–Crippen LogP) is 4.66. The Hall–Kier alpha value is -2.03. The van der Waals surface area contributed by atoms with E-state index in [1.54, 1.807) is 6.07 Å². The predicted molar refractivity (Wildman–Crippen MR) is 85.4 cm³/mol. The lowest BCUT2D eigenvalue weighted by Crippen LogP contribution is -2.18. The van der Waals surface area contributed by atoms with Crippen molar-refractivity contribution in [3.05, 3.63) is 59.9 Å². The molecule has 112 valence electrons. The number of anilines is 1. The Labute approximate surface area is 126 Å². The van der Waals surface area contributed by atoms with Crippen molar-refractivity contribution < 1.29 is 9.13 Å². The number of nitrogens with one attached hydrogen (secondary N) is 1. The molecule has 1 unspecified atom stereocenters. The van der Waals surface area contributed by atoms with E-state index in [2.05, 4.69) is 12.2 Å². The van der Waals surface area contributed by atoms with Crippen LogP contribution in [0.25, 0.3) is 0 Å². The van der Waals surface area contributed by atoms with Crippen molar-refractivity contribution in [2.75, 3.05) is 11.9 Å². The molecule has 0 aliphatic rings. The number of halogens is 1. The van der Waals surface area contributed by atoms with Gasteiger partial charge in [-0.15, -0.1) is 0 Å². The lowest BCUT2D eigenvalue weighted by molar-refractivity contribution is 0.317. The Morgan fingerprint density at radius 3 is 2.48 bits per heavy atom. The van der Waals surface area contributed by atoms with E-state index in [1.807, 2.05) is 43.3 Å². The molecule has 2 nitrogen and oxygen atoms in total. The molecule has 0 spiro atoms. The first kappa shape index (κ1) is 15.4. The molecule has 21 heavy (non-hydrogen) atoms. The molecule has 0 radical (unpaired) electrons. The van der Waals surface area contributed by atoms with Gasteiger partial charge in [0.05, 0.1) is 6.61 Å². The Kier molecular flexibility index (Phi) is 5.61. The molecule has 2 rings (SSSR count). The molecule has 0 heterocycles. The van der Waals surface area contributed by atoms with Crippen LogP contribution in [0.5, 0.6) is 5.75 Å². The standard InChI is InChI=1S/C18H22FNO/c1-3-12-21-17-10-8-16(9-11-17)20-14(2)13-15-6-4-5-7-18(15)19/h4-11,14,20H,3,12-13H2,1-2H3. The Balaban J connectivity index is 1.90. The van der Waals surface area contributed by atoms with E-state index in [-0.39, 0.29) is 11.9 Å². The first-order valence-electron chi connectivity index (χ1n) is 7.42. The van der Waals surface area contributed by atoms with Crippen LogP contribution >= 0.6 is 0 Å². The van der Waals surface area contributed by atoms with E-state index in [0.29, 0.717) is 6.42 Å². The molecule has 1 N–H and O–H groups in total. The monoisotopic (exact) mass is 287 g/mol. The number of rotatable bonds is 7. The highest BCUT2D eigenvalue weighted by Gasteiger charge is 2.07. The first-order valence-corrected chi connectivity index (χ1v) is 7.42. The SMILES string of the molecule is CCCOc1ccc(NC(C)Cc2ccccc2F)cc1. The molecule has 2 aromatic carbocycles. The lowest BCUT2D eigenvalue weighted by atomic mass is 10.1. The third-order valence-electron chi connectivity index (χ3n) is 3.22. The number of benzene rings is 2. The zero-order chi connectivity index (χ0) is 15.1. The van der Waals surface area contributed by atoms with E-state index in [9.17, 15) is 4.39 Å². The summed E-state index contributed by atoms with van der Waals surface area (Å²) in [5, 5.41) is 3.38. The highest BCUT2D eigenvalue weighted by molar-refractivity contribution is 5.47. The minimum Gasteiger partial charge on any atom is -0.494 e. The second-order valence-electron chi connectivity index (χ2n) is 5.21. The maximum atomic E-state index is 13.6. The average Bonchev–Trinajstić information content (AvgIpc) is 2.49. The van der Waals surface area contributed by atoms with Crippen molar-refractivity contribution >= 4 is 5.69 Å². The molecule has 0 saturated heterocycles. The summed E-state index contributed by atoms with van der Waals surface area (Å²) >= 11 is 0. The fraction of sp³-hybridized carbons (Fsp3) is 0.333. The molecule has 0 bridgehead atoms. The summed E-state index contributed by atoms with van der Waals surface area (Å²) in [6.07, 6.45) is 1.65. The summed E-state index contributed by atoms with van der Waals surface area (Å²) in [4.78, 5) is 0. The van der Waals surface area contributed by atoms with Gasteiger partial charge in [0.1, 0.15) is 11.6 Å². The number of hydrogen-bond acceptors (Lipinski definition) is 2. The fourth-order valence-electron chi connectivity index (χ4n) is 2.20. The molecule has 3 heteroatoms. The molecule has 0 aliphatic heterocycles. The second kappa shape index (κ2) is 7.67. The van der Waals surface area contributed by atoms with Crippen LogP contribution in [0.1, 0.15) is 25.8 Å². The normalized spacial score (nSPS) is 12.0. The molecule has 2 aromatic rings. The van der Waals surface area contributed by atoms with E-state index in [4.69, 9.17) is 4.74 Å². The van der Waals surface area contributed by atoms with Crippen molar-refractivity contribution in [1.82, 2.24) is 0 Å². The van der Waals surface area contributed by atoms with Gasteiger partial charge in [-0.25, -0.2) is 4.39 Å². The zero-order valence-corrected chi connectivity index (χ0v) is 12.6. The van der Waals surface area contributed by atoms with Gasteiger partial charge >= 0.3 is 0 Å². The summed E-state index contributed by atoms with van der Waals surface area (Å²) in [6, 6.07) is 14.9. The molecule has 0 amide bonds. The van der Waals surface area contributed by atoms with Crippen molar-refractivity contribution in [3.8, 4) is 5.75 Å². The van der Waals surface area contributed by atoms with Gasteiger partial charge in [-0.1, -0.05) is 25.1 Å². The van der Waals surface area contributed by atoms with Gasteiger partial charge < -0.3 is 10.1 Å². The second-order valence-corrected chi connectivity index (χ2v) is 5.21. The van der Waals surface area contributed by atoms with Gasteiger partial charge in [0.25, 0.3) is 0 Å². The summed E-state index contributed by atoms with van der Waals surface area (Å²) < 4.78 is 19.2. The first-order chi connectivity index (χ1) is 10.2. The van der Waals surface area contributed by atoms with Crippen LogP contribution in [0, 0.1) is 5.82 Å². The van der Waals surface area contributed by atoms with Crippen molar-refractivity contribution in [3.63, 3.8) is 0 Å². The molecule has 0 fully saturated rings. The van der Waals surface area contributed by atoms with Crippen molar-refractivity contribution in [2.45, 2.75) is 32.7 Å². The van der Waals surface area contributed by atoms with Crippen LogP contribution in [-0.2, 0) is 6.42 Å². The summed E-state index contributed by atoms with van der Waals surface area (Å²) in [5.41, 5.74) is 1.75. The minimum atomic E-state index is -0.144. The summed E-state index contributed by atoms with van der Waals surface area (Å²) in [5.74, 6) is 0.735. The van der Waals surface area contributed by atoms with E-state index >= 15 is 0 Å². The molecule has 0 aliphatic carbocycles. The van der Waals surface area contributed by atoms with Crippen molar-refractivity contribution in [1.29, 1.82) is 0 Å². The third kappa shape index (κ3) is 4.78.